The summed E-state index contributed by atoms with van der Waals surface area (Å²) in [6.07, 6.45) is 9.86. The van der Waals surface area contributed by atoms with Gasteiger partial charge in [0.2, 0.25) is 11.9 Å². The standard InChI is InChI=1S/C24H24FN9O/c1-16-14-33(20-4-6-22(25)27-13-20)7-8-34(16)24-28-11-19(12-29-24)31-23(35)17-3-5-21(26-9-17)18-10-30-32(2)15-18/h3-6,9-13,15-16H,7-8,14H2,1-2H3,(H,31,35)/t16-/m0/s1. The van der Waals surface area contributed by atoms with Crippen LogP contribution in [0.15, 0.2) is 61.4 Å². The molecule has 1 aliphatic heterocycles. The molecule has 5 rings (SSSR count). The van der Waals surface area contributed by atoms with Gasteiger partial charge < -0.3 is 15.1 Å². The fraction of sp³-hybridized carbons (Fsp3) is 0.250. The summed E-state index contributed by atoms with van der Waals surface area (Å²) in [5, 5.41) is 6.95. The number of pyridine rings is 2. The smallest absolute Gasteiger partial charge is 0.257 e. The van der Waals surface area contributed by atoms with Crippen molar-refractivity contribution in [2.45, 2.75) is 13.0 Å². The Labute approximate surface area is 201 Å². The van der Waals surface area contributed by atoms with Crippen molar-refractivity contribution in [3.63, 3.8) is 0 Å². The first-order valence-corrected chi connectivity index (χ1v) is 11.2. The summed E-state index contributed by atoms with van der Waals surface area (Å²) in [6, 6.07) is 6.75. The van der Waals surface area contributed by atoms with Crippen molar-refractivity contribution < 1.29 is 9.18 Å². The molecule has 0 unspecified atom stereocenters. The van der Waals surface area contributed by atoms with Crippen LogP contribution in [0.3, 0.4) is 0 Å². The molecule has 10 nitrogen and oxygen atoms in total. The Kier molecular flexibility index (Phi) is 6.04. The molecule has 1 N–H and O–H groups in total. The SMILES string of the molecule is C[C@H]1CN(c2ccc(F)nc2)CCN1c1ncc(NC(=O)c2ccc(-c3cnn(C)c3)nc2)cn1. The minimum absolute atomic E-state index is 0.138. The number of amides is 1. The highest BCUT2D eigenvalue weighted by Gasteiger charge is 2.26. The topological polar surface area (TPSA) is 105 Å². The molecule has 0 aliphatic carbocycles. The van der Waals surface area contributed by atoms with Crippen LogP contribution in [-0.2, 0) is 7.05 Å². The Morgan fingerprint density at radius 1 is 1.00 bits per heavy atom. The van der Waals surface area contributed by atoms with Crippen LogP contribution in [0.25, 0.3) is 11.3 Å². The molecule has 0 radical (unpaired) electrons. The Hall–Kier alpha value is -4.41. The summed E-state index contributed by atoms with van der Waals surface area (Å²) < 4.78 is 14.8. The molecule has 1 atom stereocenters. The zero-order valence-corrected chi connectivity index (χ0v) is 19.3. The molecule has 1 aliphatic rings. The van der Waals surface area contributed by atoms with Crippen LogP contribution in [0.5, 0.6) is 0 Å². The molecule has 0 bridgehead atoms. The van der Waals surface area contributed by atoms with E-state index in [2.05, 4.69) is 47.1 Å². The largest absolute Gasteiger partial charge is 0.366 e. The molecule has 5 heterocycles. The number of anilines is 3. The molecule has 0 aromatic carbocycles. The van der Waals surface area contributed by atoms with E-state index in [1.807, 2.05) is 13.2 Å². The lowest BCUT2D eigenvalue weighted by atomic mass is 10.2. The fourth-order valence-electron chi connectivity index (χ4n) is 4.03. The molecule has 11 heteroatoms. The zero-order chi connectivity index (χ0) is 24.4. The van der Waals surface area contributed by atoms with Crippen LogP contribution in [0.4, 0.5) is 21.7 Å². The second kappa shape index (κ2) is 9.45. The predicted octanol–water partition coefficient (Wildman–Crippen LogP) is 2.77. The number of rotatable bonds is 5. The van der Waals surface area contributed by atoms with Crippen molar-refractivity contribution >= 4 is 23.2 Å². The maximum Gasteiger partial charge on any atom is 0.257 e. The number of nitrogens with one attached hydrogen (secondary N) is 1. The van der Waals surface area contributed by atoms with Crippen molar-refractivity contribution in [3.05, 3.63) is 73.0 Å². The number of halogens is 1. The Balaban J connectivity index is 1.20. The summed E-state index contributed by atoms with van der Waals surface area (Å²) in [5.41, 5.74) is 3.44. The van der Waals surface area contributed by atoms with Crippen LogP contribution in [0.2, 0.25) is 0 Å². The third-order valence-corrected chi connectivity index (χ3v) is 5.88. The molecular weight excluding hydrogens is 449 g/mol. The van der Waals surface area contributed by atoms with E-state index in [-0.39, 0.29) is 11.9 Å². The van der Waals surface area contributed by atoms with Gasteiger partial charge in [-0.15, -0.1) is 0 Å². The average molecular weight is 474 g/mol. The highest BCUT2D eigenvalue weighted by atomic mass is 19.1. The van der Waals surface area contributed by atoms with Gasteiger partial charge in [-0.2, -0.15) is 9.49 Å². The molecule has 178 valence electrons. The van der Waals surface area contributed by atoms with E-state index in [0.29, 0.717) is 23.7 Å². The predicted molar refractivity (Wildman–Crippen MR) is 130 cm³/mol. The van der Waals surface area contributed by atoms with Crippen LogP contribution in [0.1, 0.15) is 17.3 Å². The minimum atomic E-state index is -0.487. The van der Waals surface area contributed by atoms with Crippen molar-refractivity contribution in [1.82, 2.24) is 29.7 Å². The lowest BCUT2D eigenvalue weighted by molar-refractivity contribution is 0.102. The van der Waals surface area contributed by atoms with Gasteiger partial charge in [-0.3, -0.25) is 14.5 Å². The van der Waals surface area contributed by atoms with E-state index in [9.17, 15) is 9.18 Å². The number of hydrogen-bond acceptors (Lipinski definition) is 8. The Bertz CT molecular complexity index is 1310. The molecule has 4 aromatic rings. The van der Waals surface area contributed by atoms with Gasteiger partial charge in [-0.1, -0.05) is 0 Å². The second-order valence-corrected chi connectivity index (χ2v) is 8.39. The normalized spacial score (nSPS) is 15.8. The number of piperazine rings is 1. The van der Waals surface area contributed by atoms with E-state index in [0.717, 1.165) is 30.0 Å². The van der Waals surface area contributed by atoms with Gasteiger partial charge in [0.1, 0.15) is 0 Å². The molecule has 0 saturated carbocycles. The monoisotopic (exact) mass is 473 g/mol. The third kappa shape index (κ3) is 4.93. The number of nitrogens with zero attached hydrogens (tertiary/aromatic N) is 8. The maximum absolute atomic E-state index is 13.1. The highest BCUT2D eigenvalue weighted by molar-refractivity contribution is 6.04. The van der Waals surface area contributed by atoms with Gasteiger partial charge in [0.15, 0.2) is 0 Å². The number of hydrogen-bond donors (Lipinski definition) is 1. The van der Waals surface area contributed by atoms with Crippen molar-refractivity contribution in [2.75, 3.05) is 34.8 Å². The van der Waals surface area contributed by atoms with Gasteiger partial charge in [-0.05, 0) is 31.2 Å². The van der Waals surface area contributed by atoms with Gasteiger partial charge in [0.05, 0.1) is 47.4 Å². The van der Waals surface area contributed by atoms with Crippen LogP contribution in [-0.4, -0.2) is 61.3 Å². The number of aromatic nitrogens is 6. The quantitative estimate of drug-likeness (QED) is 0.441. The van der Waals surface area contributed by atoms with E-state index >= 15 is 0 Å². The first kappa shape index (κ1) is 22.4. The molecule has 35 heavy (non-hydrogen) atoms. The van der Waals surface area contributed by atoms with Crippen LogP contribution in [0, 0.1) is 5.95 Å². The summed E-state index contributed by atoms with van der Waals surface area (Å²) >= 11 is 0. The van der Waals surface area contributed by atoms with E-state index in [1.165, 1.54) is 12.3 Å². The Morgan fingerprint density at radius 3 is 2.46 bits per heavy atom. The summed E-state index contributed by atoms with van der Waals surface area (Å²) in [7, 11) is 1.84. The lowest BCUT2D eigenvalue weighted by Crippen LogP contribution is -2.52. The third-order valence-electron chi connectivity index (χ3n) is 5.88. The lowest BCUT2D eigenvalue weighted by Gasteiger charge is -2.40. The summed E-state index contributed by atoms with van der Waals surface area (Å²) in [4.78, 5) is 33.9. The molecule has 1 amide bonds. The minimum Gasteiger partial charge on any atom is -0.366 e. The molecule has 1 fully saturated rings. The molecule has 0 spiro atoms. The first-order chi connectivity index (χ1) is 17.0. The van der Waals surface area contributed by atoms with Crippen molar-refractivity contribution in [2.24, 2.45) is 7.05 Å². The van der Waals surface area contributed by atoms with Crippen LogP contribution >= 0.6 is 0 Å². The van der Waals surface area contributed by atoms with Gasteiger partial charge in [-0.25, -0.2) is 15.0 Å². The summed E-state index contributed by atoms with van der Waals surface area (Å²) in [5.74, 6) is -0.185. The van der Waals surface area contributed by atoms with Crippen molar-refractivity contribution in [3.8, 4) is 11.3 Å². The number of aryl methyl sites for hydroxylation is 1. The fourth-order valence-corrected chi connectivity index (χ4v) is 4.03. The average Bonchev–Trinajstić information content (AvgIpc) is 3.31. The summed E-state index contributed by atoms with van der Waals surface area (Å²) in [6.45, 7) is 4.27. The molecule has 4 aromatic heterocycles. The van der Waals surface area contributed by atoms with Gasteiger partial charge in [0, 0.05) is 50.7 Å². The van der Waals surface area contributed by atoms with E-state index < -0.39 is 5.95 Å². The molecule has 1 saturated heterocycles. The zero-order valence-electron chi connectivity index (χ0n) is 19.3. The maximum atomic E-state index is 13.1. The molecular formula is C24H24FN9O. The van der Waals surface area contributed by atoms with E-state index in [1.54, 1.807) is 47.7 Å². The van der Waals surface area contributed by atoms with Gasteiger partial charge in [0.25, 0.3) is 5.91 Å². The second-order valence-electron chi connectivity index (χ2n) is 8.39. The number of carbonyl (C=O) groups is 1. The first-order valence-electron chi connectivity index (χ1n) is 11.2. The highest BCUT2D eigenvalue weighted by Crippen LogP contribution is 2.22. The van der Waals surface area contributed by atoms with E-state index in [4.69, 9.17) is 0 Å². The van der Waals surface area contributed by atoms with Crippen LogP contribution < -0.4 is 15.1 Å². The van der Waals surface area contributed by atoms with Gasteiger partial charge >= 0.3 is 0 Å². The number of carbonyl (C=O) groups excluding carboxylic acids is 1. The Morgan fingerprint density at radius 2 is 1.83 bits per heavy atom. The van der Waals surface area contributed by atoms with Crippen molar-refractivity contribution in [1.29, 1.82) is 0 Å².